The highest BCUT2D eigenvalue weighted by molar-refractivity contribution is 8.05. The minimum Gasteiger partial charge on any atom is -0.321 e. The average molecular weight is 496 g/mol. The summed E-state index contributed by atoms with van der Waals surface area (Å²) in [7, 11) is 0. The molecule has 0 radical (unpaired) electrons. The van der Waals surface area contributed by atoms with E-state index in [1.54, 1.807) is 12.1 Å². The Morgan fingerprint density at radius 2 is 1.67 bits per heavy atom. The SMILES string of the molecule is CCCCc1ccc(C[C@@H]2S/C(=C(/C#N)C(=O)Nc3ccc(C)cc3)N(c3ccccc3)C2=O)cc1. The van der Waals surface area contributed by atoms with Crippen LogP contribution in [-0.2, 0) is 22.4 Å². The van der Waals surface area contributed by atoms with E-state index in [-0.39, 0.29) is 11.5 Å². The summed E-state index contributed by atoms with van der Waals surface area (Å²) in [5.74, 6) is -0.661. The van der Waals surface area contributed by atoms with Crippen molar-refractivity contribution in [1.82, 2.24) is 0 Å². The van der Waals surface area contributed by atoms with Crippen LogP contribution in [0.2, 0.25) is 0 Å². The highest BCUT2D eigenvalue weighted by atomic mass is 32.2. The van der Waals surface area contributed by atoms with Crippen molar-refractivity contribution < 1.29 is 9.59 Å². The summed E-state index contributed by atoms with van der Waals surface area (Å²) in [6, 6.07) is 27.0. The van der Waals surface area contributed by atoms with Gasteiger partial charge in [0.2, 0.25) is 5.91 Å². The van der Waals surface area contributed by atoms with E-state index in [0.717, 1.165) is 30.4 Å². The Labute approximate surface area is 216 Å². The zero-order valence-electron chi connectivity index (χ0n) is 20.5. The lowest BCUT2D eigenvalue weighted by molar-refractivity contribution is -0.117. The van der Waals surface area contributed by atoms with E-state index >= 15 is 0 Å². The molecule has 6 heteroatoms. The average Bonchev–Trinajstić information content (AvgIpc) is 3.21. The second-order valence-corrected chi connectivity index (χ2v) is 10.0. The Bertz CT molecular complexity index is 1290. The summed E-state index contributed by atoms with van der Waals surface area (Å²) in [5, 5.41) is 12.7. The van der Waals surface area contributed by atoms with Crippen LogP contribution in [0.15, 0.2) is 89.5 Å². The van der Waals surface area contributed by atoms with E-state index in [1.165, 1.54) is 22.2 Å². The molecule has 1 saturated heterocycles. The third kappa shape index (κ3) is 5.87. The zero-order valence-corrected chi connectivity index (χ0v) is 21.3. The molecule has 3 aromatic rings. The van der Waals surface area contributed by atoms with Crippen molar-refractivity contribution in [2.24, 2.45) is 0 Å². The molecule has 1 aliphatic heterocycles. The van der Waals surface area contributed by atoms with Crippen LogP contribution in [0.4, 0.5) is 11.4 Å². The van der Waals surface area contributed by atoms with Crippen molar-refractivity contribution >= 4 is 35.0 Å². The number of nitrogens with one attached hydrogen (secondary N) is 1. The Balaban J connectivity index is 1.63. The van der Waals surface area contributed by atoms with E-state index < -0.39 is 11.2 Å². The molecule has 1 heterocycles. The number of thioether (sulfide) groups is 1. The van der Waals surface area contributed by atoms with Gasteiger partial charge in [-0.05, 0) is 61.6 Å². The number of para-hydroxylation sites is 1. The normalized spacial score (nSPS) is 16.5. The molecule has 0 aliphatic carbocycles. The minimum absolute atomic E-state index is 0.0739. The number of nitriles is 1. The molecular weight excluding hydrogens is 466 g/mol. The lowest BCUT2D eigenvalue weighted by atomic mass is 10.0. The molecule has 2 amide bonds. The quantitative estimate of drug-likeness (QED) is 0.290. The van der Waals surface area contributed by atoms with E-state index in [4.69, 9.17) is 0 Å². The van der Waals surface area contributed by atoms with Gasteiger partial charge in [0.25, 0.3) is 5.91 Å². The van der Waals surface area contributed by atoms with Crippen LogP contribution in [0.3, 0.4) is 0 Å². The smallest absolute Gasteiger partial charge is 0.269 e. The lowest BCUT2D eigenvalue weighted by Gasteiger charge is -2.18. The van der Waals surface area contributed by atoms with Crippen molar-refractivity contribution in [3.05, 3.63) is 106 Å². The highest BCUT2D eigenvalue weighted by Crippen LogP contribution is 2.42. The maximum absolute atomic E-state index is 13.6. The van der Waals surface area contributed by atoms with Crippen LogP contribution in [0.5, 0.6) is 0 Å². The lowest BCUT2D eigenvalue weighted by Crippen LogP contribution is -2.30. The maximum atomic E-state index is 13.6. The minimum atomic E-state index is -0.529. The van der Waals surface area contributed by atoms with Gasteiger partial charge in [-0.15, -0.1) is 0 Å². The van der Waals surface area contributed by atoms with Gasteiger partial charge in [0, 0.05) is 11.4 Å². The first-order chi connectivity index (χ1) is 17.5. The fourth-order valence-corrected chi connectivity index (χ4v) is 5.37. The Kier molecular flexibility index (Phi) is 8.24. The summed E-state index contributed by atoms with van der Waals surface area (Å²) in [6.45, 7) is 4.14. The predicted octanol–water partition coefficient (Wildman–Crippen LogP) is 6.40. The summed E-state index contributed by atoms with van der Waals surface area (Å²) in [6.07, 6.45) is 3.86. The highest BCUT2D eigenvalue weighted by Gasteiger charge is 2.40. The first-order valence-electron chi connectivity index (χ1n) is 12.2. The molecule has 1 atom stereocenters. The van der Waals surface area contributed by atoms with Crippen LogP contribution in [0, 0.1) is 18.3 Å². The molecule has 0 spiro atoms. The third-order valence-corrected chi connectivity index (χ3v) is 7.36. The second kappa shape index (κ2) is 11.7. The van der Waals surface area contributed by atoms with Gasteiger partial charge < -0.3 is 5.32 Å². The van der Waals surface area contributed by atoms with Gasteiger partial charge in [-0.3, -0.25) is 14.5 Å². The molecule has 4 rings (SSSR count). The number of aryl methyl sites for hydroxylation is 2. The predicted molar refractivity (Wildman–Crippen MR) is 147 cm³/mol. The Morgan fingerprint density at radius 1 is 1.00 bits per heavy atom. The van der Waals surface area contributed by atoms with E-state index in [1.807, 2.05) is 49.4 Å². The van der Waals surface area contributed by atoms with Crippen molar-refractivity contribution in [2.75, 3.05) is 10.2 Å². The van der Waals surface area contributed by atoms with Crippen LogP contribution in [-0.4, -0.2) is 17.1 Å². The number of nitrogens with zero attached hydrogens (tertiary/aromatic N) is 2. The molecule has 5 nitrogen and oxygen atoms in total. The molecule has 0 unspecified atom stereocenters. The first-order valence-corrected chi connectivity index (χ1v) is 13.0. The van der Waals surface area contributed by atoms with Crippen molar-refractivity contribution in [3.63, 3.8) is 0 Å². The van der Waals surface area contributed by atoms with Crippen LogP contribution < -0.4 is 10.2 Å². The molecule has 1 N–H and O–H groups in total. The summed E-state index contributed by atoms with van der Waals surface area (Å²) in [5.41, 5.74) is 4.57. The van der Waals surface area contributed by atoms with Gasteiger partial charge in [-0.2, -0.15) is 5.26 Å². The molecular formula is C30H29N3O2S. The fraction of sp³-hybridized carbons (Fsp3) is 0.233. The third-order valence-electron chi connectivity index (χ3n) is 6.09. The molecule has 1 aliphatic rings. The Hall–Kier alpha value is -3.82. The number of unbranched alkanes of at least 4 members (excludes halogenated alkanes) is 1. The van der Waals surface area contributed by atoms with Crippen molar-refractivity contribution in [1.29, 1.82) is 5.26 Å². The van der Waals surface area contributed by atoms with E-state index in [2.05, 4.69) is 42.6 Å². The maximum Gasteiger partial charge on any atom is 0.269 e. The zero-order chi connectivity index (χ0) is 25.5. The van der Waals surface area contributed by atoms with E-state index in [0.29, 0.717) is 22.8 Å². The number of anilines is 2. The number of hydrogen-bond donors (Lipinski definition) is 1. The van der Waals surface area contributed by atoms with Gasteiger partial charge in [0.05, 0.1) is 5.25 Å². The second-order valence-electron chi connectivity index (χ2n) is 8.85. The fourth-order valence-electron chi connectivity index (χ4n) is 4.07. The van der Waals surface area contributed by atoms with E-state index in [9.17, 15) is 14.9 Å². The van der Waals surface area contributed by atoms with Gasteiger partial charge in [-0.1, -0.05) is 85.3 Å². The molecule has 36 heavy (non-hydrogen) atoms. The molecule has 0 aromatic heterocycles. The topological polar surface area (TPSA) is 73.2 Å². The van der Waals surface area contributed by atoms with Gasteiger partial charge in [0.15, 0.2) is 0 Å². The number of carbonyl (C=O) groups is 2. The van der Waals surface area contributed by atoms with Crippen molar-refractivity contribution in [2.45, 2.75) is 44.8 Å². The molecule has 182 valence electrons. The molecule has 1 fully saturated rings. The number of amides is 2. The summed E-state index contributed by atoms with van der Waals surface area (Å²) < 4.78 is 0. The van der Waals surface area contributed by atoms with Crippen LogP contribution in [0.25, 0.3) is 0 Å². The number of rotatable bonds is 8. The summed E-state index contributed by atoms with van der Waals surface area (Å²) >= 11 is 1.28. The molecule has 0 saturated carbocycles. The van der Waals surface area contributed by atoms with Crippen molar-refractivity contribution in [3.8, 4) is 6.07 Å². The standard InChI is InChI=1S/C30H29N3O2S/c1-3-4-8-22-13-15-23(16-14-22)19-27-29(35)33(25-9-6-5-7-10-25)30(36-27)26(20-31)28(34)32-24-17-11-21(2)12-18-24/h5-7,9-18,27H,3-4,8,19H2,1-2H3,(H,32,34)/b30-26-/t27-/m0/s1. The van der Waals surface area contributed by atoms with Gasteiger partial charge >= 0.3 is 0 Å². The summed E-state index contributed by atoms with van der Waals surface area (Å²) in [4.78, 5) is 28.3. The van der Waals surface area contributed by atoms with Crippen LogP contribution in [0.1, 0.15) is 36.5 Å². The van der Waals surface area contributed by atoms with Gasteiger partial charge in [0.1, 0.15) is 16.7 Å². The van der Waals surface area contributed by atoms with Gasteiger partial charge in [-0.25, -0.2) is 0 Å². The monoisotopic (exact) mass is 495 g/mol. The van der Waals surface area contributed by atoms with Crippen LogP contribution >= 0.6 is 11.8 Å². The number of hydrogen-bond acceptors (Lipinski definition) is 4. The number of benzene rings is 3. The molecule has 0 bridgehead atoms. The largest absolute Gasteiger partial charge is 0.321 e. The number of carbonyl (C=O) groups excluding carboxylic acids is 2. The first kappa shape index (κ1) is 25.3. The Morgan fingerprint density at radius 3 is 2.31 bits per heavy atom. The molecule has 3 aromatic carbocycles.